The van der Waals surface area contributed by atoms with E-state index in [4.69, 9.17) is 39.9 Å². The third-order valence-electron chi connectivity index (χ3n) is 2.47. The van der Waals surface area contributed by atoms with Crippen LogP contribution in [0.5, 0.6) is 0 Å². The average Bonchev–Trinajstić information content (AvgIpc) is 2.13. The Morgan fingerprint density at radius 2 is 1.61 bits per heavy atom. The summed E-state index contributed by atoms with van der Waals surface area (Å²) in [5.41, 5.74) is -1.07. The zero-order valence-electron chi connectivity index (χ0n) is 9.76. The van der Waals surface area contributed by atoms with Gasteiger partial charge in [0.1, 0.15) is 0 Å². The van der Waals surface area contributed by atoms with Crippen LogP contribution in [0.4, 0.5) is 0 Å². The summed E-state index contributed by atoms with van der Waals surface area (Å²) in [5.74, 6) is -1.48. The van der Waals surface area contributed by atoms with Crippen LogP contribution in [0.3, 0.4) is 0 Å². The molecule has 1 aromatic rings. The van der Waals surface area contributed by atoms with Crippen molar-refractivity contribution in [1.29, 1.82) is 0 Å². The topological polar surface area (TPSA) is 54.4 Å². The lowest BCUT2D eigenvalue weighted by Gasteiger charge is -2.18. The second-order valence-corrected chi connectivity index (χ2v) is 5.78. The third kappa shape index (κ3) is 3.37. The Kier molecular flexibility index (Phi) is 4.65. The number of carboxylic acids is 1. The molecule has 0 fully saturated rings. The molecule has 0 aliphatic carbocycles. The molecule has 0 aliphatic heterocycles. The molecule has 3 nitrogen and oxygen atoms in total. The number of carbonyl (C=O) groups excluding carboxylic acids is 1. The molecular formula is C12H11Cl3O3. The monoisotopic (exact) mass is 308 g/mol. The van der Waals surface area contributed by atoms with E-state index in [9.17, 15) is 9.59 Å². The summed E-state index contributed by atoms with van der Waals surface area (Å²) in [6, 6.07) is 2.80. The molecule has 18 heavy (non-hydrogen) atoms. The summed E-state index contributed by atoms with van der Waals surface area (Å²) >= 11 is 17.5. The van der Waals surface area contributed by atoms with Gasteiger partial charge in [0.05, 0.1) is 21.0 Å². The first kappa shape index (κ1) is 15.3. The van der Waals surface area contributed by atoms with Crippen LogP contribution in [0, 0.1) is 5.41 Å². The molecule has 1 rings (SSSR count). The lowest BCUT2D eigenvalue weighted by molar-refractivity contribution is -0.146. The van der Waals surface area contributed by atoms with Crippen molar-refractivity contribution in [3.8, 4) is 0 Å². The van der Waals surface area contributed by atoms with Crippen molar-refractivity contribution in [2.45, 2.75) is 20.3 Å². The fourth-order valence-electron chi connectivity index (χ4n) is 1.37. The zero-order chi connectivity index (χ0) is 14.1. The van der Waals surface area contributed by atoms with Gasteiger partial charge in [0.15, 0.2) is 5.78 Å². The molecule has 6 heteroatoms. The van der Waals surface area contributed by atoms with Gasteiger partial charge in [-0.2, -0.15) is 0 Å². The third-order valence-corrected chi connectivity index (χ3v) is 3.28. The first-order valence-corrected chi connectivity index (χ1v) is 6.19. The highest BCUT2D eigenvalue weighted by Crippen LogP contribution is 2.32. The number of benzene rings is 1. The molecule has 1 N–H and O–H groups in total. The minimum Gasteiger partial charge on any atom is -0.481 e. The van der Waals surface area contributed by atoms with Crippen molar-refractivity contribution in [1.82, 2.24) is 0 Å². The molecule has 0 aromatic heterocycles. The average molecular weight is 310 g/mol. The van der Waals surface area contributed by atoms with Crippen LogP contribution >= 0.6 is 34.8 Å². The van der Waals surface area contributed by atoms with Crippen molar-refractivity contribution < 1.29 is 14.7 Å². The van der Waals surface area contributed by atoms with E-state index in [0.717, 1.165) is 0 Å². The lowest BCUT2D eigenvalue weighted by atomic mass is 9.85. The summed E-state index contributed by atoms with van der Waals surface area (Å²) in [6.45, 7) is 2.93. The molecule has 98 valence electrons. The van der Waals surface area contributed by atoms with Crippen LogP contribution in [0.15, 0.2) is 12.1 Å². The SMILES string of the molecule is CC(C)(CC(=O)c1c(Cl)cc(Cl)cc1Cl)C(=O)O. The van der Waals surface area contributed by atoms with Crippen molar-refractivity contribution in [3.63, 3.8) is 0 Å². The lowest BCUT2D eigenvalue weighted by Crippen LogP contribution is -2.27. The first-order valence-electron chi connectivity index (χ1n) is 5.06. The minimum absolute atomic E-state index is 0.108. The molecule has 0 heterocycles. The molecular weight excluding hydrogens is 298 g/mol. The normalized spacial score (nSPS) is 11.4. The molecule has 1 aromatic carbocycles. The molecule has 0 atom stereocenters. The molecule has 0 spiro atoms. The van der Waals surface area contributed by atoms with Gasteiger partial charge in [0.25, 0.3) is 0 Å². The summed E-state index contributed by atoms with van der Waals surface area (Å²) in [6.07, 6.45) is -0.191. The number of aliphatic carboxylic acids is 1. The highest BCUT2D eigenvalue weighted by atomic mass is 35.5. The predicted molar refractivity (Wildman–Crippen MR) is 71.8 cm³/mol. The first-order chi connectivity index (χ1) is 8.15. The number of halogens is 3. The molecule has 0 bridgehead atoms. The number of carboxylic acid groups (broad SMARTS) is 1. The summed E-state index contributed by atoms with van der Waals surface area (Å²) in [7, 11) is 0. The maximum absolute atomic E-state index is 12.0. The Labute approximate surface area is 120 Å². The van der Waals surface area contributed by atoms with Gasteiger partial charge in [-0.3, -0.25) is 9.59 Å². The number of hydrogen-bond donors (Lipinski definition) is 1. The van der Waals surface area contributed by atoms with Gasteiger partial charge in [0, 0.05) is 11.4 Å². The molecule has 0 unspecified atom stereocenters. The number of hydrogen-bond acceptors (Lipinski definition) is 2. The van der Waals surface area contributed by atoms with Gasteiger partial charge in [-0.15, -0.1) is 0 Å². The van der Waals surface area contributed by atoms with E-state index < -0.39 is 17.2 Å². The second-order valence-electron chi connectivity index (χ2n) is 4.53. The zero-order valence-corrected chi connectivity index (χ0v) is 12.0. The highest BCUT2D eigenvalue weighted by molar-refractivity contribution is 6.42. The van der Waals surface area contributed by atoms with Crippen LogP contribution in [-0.2, 0) is 4.79 Å². The van der Waals surface area contributed by atoms with E-state index in [-0.39, 0.29) is 22.0 Å². The van der Waals surface area contributed by atoms with Crippen molar-refractivity contribution in [3.05, 3.63) is 32.8 Å². The predicted octanol–water partition coefficient (Wildman–Crippen LogP) is 4.33. The van der Waals surface area contributed by atoms with Gasteiger partial charge in [-0.1, -0.05) is 34.8 Å². The quantitative estimate of drug-likeness (QED) is 0.842. The van der Waals surface area contributed by atoms with E-state index in [0.29, 0.717) is 5.02 Å². The number of carbonyl (C=O) groups is 2. The fourth-order valence-corrected chi connectivity index (χ4v) is 2.40. The standard InChI is InChI=1S/C12H11Cl3O3/c1-12(2,11(17)18)5-9(16)10-7(14)3-6(13)4-8(10)15/h3-4H,5H2,1-2H3,(H,17,18). The smallest absolute Gasteiger partial charge is 0.309 e. The highest BCUT2D eigenvalue weighted by Gasteiger charge is 2.32. The van der Waals surface area contributed by atoms with Crippen molar-refractivity contribution >= 4 is 46.6 Å². The summed E-state index contributed by atoms with van der Waals surface area (Å²) in [5, 5.41) is 9.55. The molecule has 0 radical (unpaired) electrons. The van der Waals surface area contributed by atoms with Gasteiger partial charge in [-0.25, -0.2) is 0 Å². The molecule has 0 aliphatic rings. The van der Waals surface area contributed by atoms with E-state index >= 15 is 0 Å². The summed E-state index contributed by atoms with van der Waals surface area (Å²) in [4.78, 5) is 23.0. The van der Waals surface area contributed by atoms with Gasteiger partial charge in [-0.05, 0) is 26.0 Å². The van der Waals surface area contributed by atoms with E-state index in [1.54, 1.807) is 0 Å². The summed E-state index contributed by atoms with van der Waals surface area (Å²) < 4.78 is 0. The minimum atomic E-state index is -1.18. The largest absolute Gasteiger partial charge is 0.481 e. The van der Waals surface area contributed by atoms with Crippen LogP contribution in [-0.4, -0.2) is 16.9 Å². The number of Topliss-reactive ketones (excluding diaryl/α,β-unsaturated/α-hetero) is 1. The number of rotatable bonds is 4. The van der Waals surface area contributed by atoms with Gasteiger partial charge < -0.3 is 5.11 Å². The Balaban J connectivity index is 3.10. The fraction of sp³-hybridized carbons (Fsp3) is 0.333. The number of ketones is 1. The Bertz CT molecular complexity index is 486. The van der Waals surface area contributed by atoms with Crippen LogP contribution in [0.2, 0.25) is 15.1 Å². The van der Waals surface area contributed by atoms with Crippen LogP contribution < -0.4 is 0 Å². The molecule has 0 saturated heterocycles. The van der Waals surface area contributed by atoms with Gasteiger partial charge in [0.2, 0.25) is 0 Å². The Morgan fingerprint density at radius 3 is 2.00 bits per heavy atom. The maximum atomic E-state index is 12.0. The Hall–Kier alpha value is -0.770. The van der Waals surface area contributed by atoms with Crippen molar-refractivity contribution in [2.75, 3.05) is 0 Å². The van der Waals surface area contributed by atoms with Crippen molar-refractivity contribution in [2.24, 2.45) is 5.41 Å². The van der Waals surface area contributed by atoms with Crippen LogP contribution in [0.25, 0.3) is 0 Å². The Morgan fingerprint density at radius 1 is 1.17 bits per heavy atom. The van der Waals surface area contributed by atoms with Gasteiger partial charge >= 0.3 is 5.97 Å². The maximum Gasteiger partial charge on any atom is 0.309 e. The molecule has 0 amide bonds. The van der Waals surface area contributed by atoms with E-state index in [1.165, 1.54) is 26.0 Å². The van der Waals surface area contributed by atoms with E-state index in [1.807, 2.05) is 0 Å². The second kappa shape index (κ2) is 5.47. The van der Waals surface area contributed by atoms with Crippen LogP contribution in [0.1, 0.15) is 30.6 Å². The molecule has 0 saturated carbocycles. The van der Waals surface area contributed by atoms with E-state index in [2.05, 4.69) is 0 Å².